The molecule has 0 aromatic carbocycles. The number of hydrogen-bond acceptors (Lipinski definition) is 3. The lowest BCUT2D eigenvalue weighted by atomic mass is 10.1. The van der Waals surface area contributed by atoms with Gasteiger partial charge in [-0.15, -0.1) is 0 Å². The number of ether oxygens (including phenoxy) is 1. The molecule has 0 saturated carbocycles. The first kappa shape index (κ1) is 16.3. The van der Waals surface area contributed by atoms with E-state index in [0.29, 0.717) is 6.42 Å². The Balaban J connectivity index is 2.57. The zero-order valence-corrected chi connectivity index (χ0v) is 13.0. The number of carbonyl (C=O) groups excluding carboxylic acids is 1. The number of alkyl carbamates (subject to hydrolysis) is 1. The van der Waals surface area contributed by atoms with E-state index >= 15 is 0 Å². The molecule has 3 unspecified atom stereocenters. The summed E-state index contributed by atoms with van der Waals surface area (Å²) in [7, 11) is -2.55. The van der Waals surface area contributed by atoms with Gasteiger partial charge < -0.3 is 14.9 Å². The van der Waals surface area contributed by atoms with E-state index in [1.165, 1.54) is 0 Å². The number of hydrogen-bond donors (Lipinski definition) is 2. The minimum absolute atomic E-state index is 0.0970. The van der Waals surface area contributed by atoms with E-state index in [0.717, 1.165) is 18.4 Å². The Labute approximate surface area is 115 Å². The van der Waals surface area contributed by atoms with Crippen molar-refractivity contribution in [2.24, 2.45) is 0 Å². The van der Waals surface area contributed by atoms with E-state index in [1.54, 1.807) is 0 Å². The molecule has 0 radical (unpaired) electrons. The summed E-state index contributed by atoms with van der Waals surface area (Å²) >= 11 is 0. The van der Waals surface area contributed by atoms with Crippen LogP contribution in [0, 0.1) is 0 Å². The summed E-state index contributed by atoms with van der Waals surface area (Å²) in [5, 5.41) is 2.77. The molecule has 0 aromatic rings. The van der Waals surface area contributed by atoms with Gasteiger partial charge in [-0.2, -0.15) is 0 Å². The standard InChI is InChI=1S/C13H24NO4P/c1-5-11(19(16)17)9-6-7-10(8-9)14-12(15)18-13(2,3)4/h8,10-11,19H,5-7H2,1-4H3,(H,14,15)(H,16,17). The molecule has 110 valence electrons. The van der Waals surface area contributed by atoms with E-state index in [1.807, 2.05) is 33.8 Å². The van der Waals surface area contributed by atoms with Gasteiger partial charge in [-0.3, -0.25) is 4.57 Å². The molecule has 0 aliphatic heterocycles. The Morgan fingerprint density at radius 1 is 1.63 bits per heavy atom. The quantitative estimate of drug-likeness (QED) is 0.616. The summed E-state index contributed by atoms with van der Waals surface area (Å²) in [5.74, 6) is 0. The van der Waals surface area contributed by atoms with E-state index in [2.05, 4.69) is 5.32 Å². The Morgan fingerprint density at radius 3 is 2.74 bits per heavy atom. The van der Waals surface area contributed by atoms with E-state index in [4.69, 9.17) is 4.74 Å². The highest BCUT2D eigenvalue weighted by molar-refractivity contribution is 7.39. The molecule has 6 heteroatoms. The molecule has 1 aliphatic carbocycles. The van der Waals surface area contributed by atoms with Gasteiger partial charge >= 0.3 is 6.09 Å². The minimum Gasteiger partial charge on any atom is -0.444 e. The van der Waals surface area contributed by atoms with Crippen molar-refractivity contribution in [1.29, 1.82) is 0 Å². The number of amides is 1. The van der Waals surface area contributed by atoms with Gasteiger partial charge in [0, 0.05) is 0 Å². The maximum Gasteiger partial charge on any atom is 0.408 e. The maximum atomic E-state index is 11.6. The summed E-state index contributed by atoms with van der Waals surface area (Å²) in [5.41, 5.74) is 0.211. The Morgan fingerprint density at radius 2 is 2.26 bits per heavy atom. The van der Waals surface area contributed by atoms with Gasteiger partial charge in [-0.05, 0) is 40.0 Å². The molecule has 5 nitrogen and oxygen atoms in total. The van der Waals surface area contributed by atoms with E-state index in [9.17, 15) is 14.3 Å². The molecular weight excluding hydrogens is 265 g/mol. The Bertz CT molecular complexity index is 387. The maximum absolute atomic E-state index is 11.6. The molecular formula is C13H24NO4P. The molecule has 19 heavy (non-hydrogen) atoms. The van der Waals surface area contributed by atoms with Crippen molar-refractivity contribution in [3.8, 4) is 0 Å². The molecule has 3 atom stereocenters. The van der Waals surface area contributed by atoms with Crippen LogP contribution in [-0.2, 0) is 9.30 Å². The topological polar surface area (TPSA) is 75.6 Å². The summed E-state index contributed by atoms with van der Waals surface area (Å²) in [6, 6.07) is -0.0970. The van der Waals surface area contributed by atoms with E-state index < -0.39 is 19.7 Å². The molecule has 1 amide bonds. The number of allylic oxidation sites excluding steroid dienone is 1. The first-order chi connectivity index (χ1) is 8.73. The smallest absolute Gasteiger partial charge is 0.408 e. The van der Waals surface area contributed by atoms with Crippen molar-refractivity contribution in [2.45, 2.75) is 64.3 Å². The zero-order valence-electron chi connectivity index (χ0n) is 12.0. The molecule has 0 saturated heterocycles. The molecule has 2 N–H and O–H groups in total. The van der Waals surface area contributed by atoms with Crippen molar-refractivity contribution in [3.05, 3.63) is 11.6 Å². The van der Waals surface area contributed by atoms with E-state index in [-0.39, 0.29) is 11.7 Å². The number of carbonyl (C=O) groups is 1. The predicted molar refractivity (Wildman–Crippen MR) is 75.8 cm³/mol. The fourth-order valence-corrected chi connectivity index (χ4v) is 3.11. The first-order valence-electron chi connectivity index (χ1n) is 6.66. The average Bonchev–Trinajstić information content (AvgIpc) is 2.63. The number of rotatable bonds is 4. The molecule has 1 rings (SSSR count). The van der Waals surface area contributed by atoms with Gasteiger partial charge in [0.15, 0.2) is 8.03 Å². The van der Waals surface area contributed by atoms with Gasteiger partial charge in [0.05, 0.1) is 11.7 Å². The highest BCUT2D eigenvalue weighted by atomic mass is 31.1. The van der Waals surface area contributed by atoms with Crippen LogP contribution >= 0.6 is 8.03 Å². The van der Waals surface area contributed by atoms with Gasteiger partial charge in [-0.1, -0.05) is 18.6 Å². The SMILES string of the molecule is CCC(C1=CC(NC(=O)OC(C)(C)C)CC1)[PH](=O)O. The third-order valence-corrected chi connectivity index (χ3v) is 4.39. The largest absolute Gasteiger partial charge is 0.444 e. The normalized spacial score (nSPS) is 22.6. The van der Waals surface area contributed by atoms with Crippen molar-refractivity contribution in [3.63, 3.8) is 0 Å². The third-order valence-electron chi connectivity index (χ3n) is 3.02. The average molecular weight is 289 g/mol. The lowest BCUT2D eigenvalue weighted by Gasteiger charge is -2.21. The first-order valence-corrected chi connectivity index (χ1v) is 8.09. The summed E-state index contributed by atoms with van der Waals surface area (Å²) in [6.07, 6.45) is 3.63. The van der Waals surface area contributed by atoms with Crippen molar-refractivity contribution < 1.29 is 19.0 Å². The highest BCUT2D eigenvalue weighted by Crippen LogP contribution is 2.36. The lowest BCUT2D eigenvalue weighted by molar-refractivity contribution is 0.0514. The van der Waals surface area contributed by atoms with Gasteiger partial charge in [0.25, 0.3) is 0 Å². The summed E-state index contributed by atoms with van der Waals surface area (Å²) in [6.45, 7) is 7.34. The summed E-state index contributed by atoms with van der Waals surface area (Å²) < 4.78 is 16.5. The monoisotopic (exact) mass is 289 g/mol. The molecule has 0 spiro atoms. The van der Waals surface area contributed by atoms with Crippen LogP contribution in [0.3, 0.4) is 0 Å². The van der Waals surface area contributed by atoms with Crippen LogP contribution < -0.4 is 5.32 Å². The molecule has 0 heterocycles. The fraction of sp³-hybridized carbons (Fsp3) is 0.769. The van der Waals surface area contributed by atoms with Crippen LogP contribution in [0.2, 0.25) is 0 Å². The second-order valence-corrected chi connectivity index (χ2v) is 7.21. The Hall–Kier alpha value is -0.800. The van der Waals surface area contributed by atoms with Crippen LogP contribution in [0.4, 0.5) is 4.79 Å². The lowest BCUT2D eigenvalue weighted by Crippen LogP contribution is -2.37. The van der Waals surface area contributed by atoms with Crippen molar-refractivity contribution in [1.82, 2.24) is 5.32 Å². The van der Waals surface area contributed by atoms with Crippen molar-refractivity contribution in [2.75, 3.05) is 0 Å². The molecule has 1 aliphatic rings. The second kappa shape index (κ2) is 6.58. The summed E-state index contributed by atoms with van der Waals surface area (Å²) in [4.78, 5) is 20.9. The van der Waals surface area contributed by atoms with Gasteiger partial charge in [0.2, 0.25) is 0 Å². The van der Waals surface area contributed by atoms with Gasteiger partial charge in [-0.25, -0.2) is 4.79 Å². The third kappa shape index (κ3) is 5.37. The fourth-order valence-electron chi connectivity index (χ4n) is 2.21. The Kier molecular flexibility index (Phi) is 5.63. The van der Waals surface area contributed by atoms with Gasteiger partial charge in [0.1, 0.15) is 5.60 Å². The number of nitrogens with one attached hydrogen (secondary N) is 1. The van der Waals surface area contributed by atoms with Crippen LogP contribution in [0.1, 0.15) is 47.0 Å². The minimum atomic E-state index is -2.55. The molecule has 0 aromatic heterocycles. The molecule has 0 bridgehead atoms. The van der Waals surface area contributed by atoms with Crippen LogP contribution in [0.25, 0.3) is 0 Å². The van der Waals surface area contributed by atoms with Crippen LogP contribution in [0.15, 0.2) is 11.6 Å². The van der Waals surface area contributed by atoms with Crippen molar-refractivity contribution >= 4 is 14.1 Å². The van der Waals surface area contributed by atoms with Crippen LogP contribution in [-0.4, -0.2) is 28.3 Å². The predicted octanol–water partition coefficient (Wildman–Crippen LogP) is 2.85. The zero-order chi connectivity index (χ0) is 14.6. The molecule has 0 fully saturated rings. The van der Waals surface area contributed by atoms with Crippen LogP contribution in [0.5, 0.6) is 0 Å². The highest BCUT2D eigenvalue weighted by Gasteiger charge is 2.26. The second-order valence-electron chi connectivity index (χ2n) is 5.83.